The van der Waals surface area contributed by atoms with Crippen molar-refractivity contribution in [3.8, 4) is 11.5 Å². The van der Waals surface area contributed by atoms with E-state index in [2.05, 4.69) is 10.2 Å². The molecule has 0 radical (unpaired) electrons. The first kappa shape index (κ1) is 8.71. The summed E-state index contributed by atoms with van der Waals surface area (Å²) in [7, 11) is 4.08. The minimum atomic E-state index is 0.332. The summed E-state index contributed by atoms with van der Waals surface area (Å²) in [6, 6.07) is 2.04. The first-order valence-electron chi connectivity index (χ1n) is 5.14. The summed E-state index contributed by atoms with van der Waals surface area (Å²) in [5.41, 5.74) is 3.68. The zero-order valence-corrected chi connectivity index (χ0v) is 8.96. The molecule has 0 unspecified atom stereocenters. The lowest BCUT2D eigenvalue weighted by atomic mass is 10.1. The standard InChI is InChI=1S/C11H14N2O2/c1-13(2)10-7-3-4-12-8(7)5-9-11(10)15-6-14-9/h5,12H,3-4,6H2,1-2H3. The summed E-state index contributed by atoms with van der Waals surface area (Å²) in [5, 5.41) is 3.36. The highest BCUT2D eigenvalue weighted by molar-refractivity contribution is 5.79. The highest BCUT2D eigenvalue weighted by Gasteiger charge is 2.27. The number of benzene rings is 1. The molecule has 0 bridgehead atoms. The van der Waals surface area contributed by atoms with E-state index in [0.29, 0.717) is 6.79 Å². The fourth-order valence-corrected chi connectivity index (χ4v) is 2.27. The number of anilines is 2. The second kappa shape index (κ2) is 2.95. The predicted octanol–water partition coefficient (Wildman–Crippen LogP) is 1.45. The van der Waals surface area contributed by atoms with E-state index in [4.69, 9.17) is 9.47 Å². The fraction of sp³-hybridized carbons (Fsp3) is 0.455. The normalized spacial score (nSPS) is 16.1. The Hall–Kier alpha value is -1.58. The van der Waals surface area contributed by atoms with Crippen LogP contribution in [-0.2, 0) is 6.42 Å². The van der Waals surface area contributed by atoms with Crippen molar-refractivity contribution >= 4 is 11.4 Å². The summed E-state index contributed by atoms with van der Waals surface area (Å²) >= 11 is 0. The molecule has 1 aromatic rings. The van der Waals surface area contributed by atoms with Gasteiger partial charge in [0.2, 0.25) is 6.79 Å². The van der Waals surface area contributed by atoms with Crippen LogP contribution in [0, 0.1) is 0 Å². The van der Waals surface area contributed by atoms with Crippen molar-refractivity contribution in [1.29, 1.82) is 0 Å². The van der Waals surface area contributed by atoms with Gasteiger partial charge in [-0.2, -0.15) is 0 Å². The number of fused-ring (bicyclic) bond motifs is 2. The molecule has 2 aliphatic rings. The topological polar surface area (TPSA) is 33.7 Å². The lowest BCUT2D eigenvalue weighted by molar-refractivity contribution is 0.174. The van der Waals surface area contributed by atoms with E-state index in [1.807, 2.05) is 20.2 Å². The van der Waals surface area contributed by atoms with Crippen LogP contribution in [0.5, 0.6) is 11.5 Å². The van der Waals surface area contributed by atoms with Crippen molar-refractivity contribution in [3.05, 3.63) is 11.6 Å². The van der Waals surface area contributed by atoms with Crippen molar-refractivity contribution < 1.29 is 9.47 Å². The van der Waals surface area contributed by atoms with E-state index >= 15 is 0 Å². The maximum absolute atomic E-state index is 5.52. The van der Waals surface area contributed by atoms with Crippen LogP contribution in [0.3, 0.4) is 0 Å². The number of nitrogens with one attached hydrogen (secondary N) is 1. The molecule has 1 N–H and O–H groups in total. The molecule has 2 aliphatic heterocycles. The summed E-state index contributed by atoms with van der Waals surface area (Å²) in [5.74, 6) is 1.74. The number of nitrogens with zero attached hydrogens (tertiary/aromatic N) is 1. The highest BCUT2D eigenvalue weighted by Crippen LogP contribution is 2.47. The smallest absolute Gasteiger partial charge is 0.231 e. The molecule has 0 saturated carbocycles. The average molecular weight is 206 g/mol. The van der Waals surface area contributed by atoms with Gasteiger partial charge in [-0.15, -0.1) is 0 Å². The maximum Gasteiger partial charge on any atom is 0.231 e. The number of hydrogen-bond acceptors (Lipinski definition) is 4. The molecule has 3 rings (SSSR count). The lowest BCUT2D eigenvalue weighted by Gasteiger charge is -2.18. The van der Waals surface area contributed by atoms with Crippen LogP contribution in [0.15, 0.2) is 6.07 Å². The Morgan fingerprint density at radius 2 is 2.20 bits per heavy atom. The van der Waals surface area contributed by atoms with E-state index < -0.39 is 0 Å². The monoisotopic (exact) mass is 206 g/mol. The number of hydrogen-bond donors (Lipinski definition) is 1. The van der Waals surface area contributed by atoms with Gasteiger partial charge in [-0.3, -0.25) is 0 Å². The van der Waals surface area contributed by atoms with Gasteiger partial charge in [0, 0.05) is 38.0 Å². The number of rotatable bonds is 1. The molecule has 0 fully saturated rings. The molecule has 0 amide bonds. The molecule has 0 spiro atoms. The molecular formula is C11H14N2O2. The molecule has 0 aromatic heterocycles. The van der Waals surface area contributed by atoms with E-state index in [0.717, 1.165) is 30.2 Å². The molecule has 0 aliphatic carbocycles. The SMILES string of the molecule is CN(C)c1c2c(cc3c1OCO3)NCC2. The Morgan fingerprint density at radius 1 is 1.33 bits per heavy atom. The van der Waals surface area contributed by atoms with Crippen molar-refractivity contribution in [2.24, 2.45) is 0 Å². The minimum absolute atomic E-state index is 0.332. The zero-order valence-electron chi connectivity index (χ0n) is 8.96. The van der Waals surface area contributed by atoms with Gasteiger partial charge in [-0.1, -0.05) is 0 Å². The van der Waals surface area contributed by atoms with Gasteiger partial charge in [-0.25, -0.2) is 0 Å². The van der Waals surface area contributed by atoms with Crippen LogP contribution in [0.1, 0.15) is 5.56 Å². The average Bonchev–Trinajstić information content (AvgIpc) is 2.79. The predicted molar refractivity (Wildman–Crippen MR) is 59.1 cm³/mol. The van der Waals surface area contributed by atoms with Crippen molar-refractivity contribution in [3.63, 3.8) is 0 Å². The molecule has 15 heavy (non-hydrogen) atoms. The summed E-state index contributed by atoms with van der Waals surface area (Å²) in [4.78, 5) is 2.10. The molecule has 0 atom stereocenters. The van der Waals surface area contributed by atoms with Crippen molar-refractivity contribution in [1.82, 2.24) is 0 Å². The van der Waals surface area contributed by atoms with Crippen LogP contribution in [0.2, 0.25) is 0 Å². The summed E-state index contributed by atoms with van der Waals surface area (Å²) in [6.07, 6.45) is 1.06. The third-order valence-corrected chi connectivity index (χ3v) is 2.88. The molecule has 80 valence electrons. The van der Waals surface area contributed by atoms with E-state index in [9.17, 15) is 0 Å². The molecule has 0 saturated heterocycles. The molecule has 4 nitrogen and oxygen atoms in total. The Labute approximate surface area is 88.8 Å². The molecular weight excluding hydrogens is 192 g/mol. The van der Waals surface area contributed by atoms with Gasteiger partial charge in [0.1, 0.15) is 0 Å². The van der Waals surface area contributed by atoms with Crippen LogP contribution in [-0.4, -0.2) is 27.4 Å². The van der Waals surface area contributed by atoms with Gasteiger partial charge in [-0.05, 0) is 6.42 Å². The third-order valence-electron chi connectivity index (χ3n) is 2.88. The van der Waals surface area contributed by atoms with Gasteiger partial charge in [0.15, 0.2) is 11.5 Å². The van der Waals surface area contributed by atoms with Crippen LogP contribution < -0.4 is 19.7 Å². The second-order valence-corrected chi connectivity index (χ2v) is 4.06. The summed E-state index contributed by atoms with van der Waals surface area (Å²) < 4.78 is 11.0. The second-order valence-electron chi connectivity index (χ2n) is 4.06. The van der Waals surface area contributed by atoms with Crippen molar-refractivity contribution in [2.45, 2.75) is 6.42 Å². The Kier molecular flexibility index (Phi) is 1.71. The van der Waals surface area contributed by atoms with Gasteiger partial charge < -0.3 is 19.7 Å². The quantitative estimate of drug-likeness (QED) is 0.754. The largest absolute Gasteiger partial charge is 0.453 e. The number of ether oxygens (including phenoxy) is 2. The third kappa shape index (κ3) is 1.14. The van der Waals surface area contributed by atoms with Crippen LogP contribution in [0.4, 0.5) is 11.4 Å². The minimum Gasteiger partial charge on any atom is -0.453 e. The summed E-state index contributed by atoms with van der Waals surface area (Å²) in [6.45, 7) is 1.33. The Morgan fingerprint density at radius 3 is 3.00 bits per heavy atom. The molecule has 2 heterocycles. The van der Waals surface area contributed by atoms with E-state index in [1.54, 1.807) is 0 Å². The zero-order chi connectivity index (χ0) is 10.4. The van der Waals surface area contributed by atoms with Crippen LogP contribution >= 0.6 is 0 Å². The van der Waals surface area contributed by atoms with Crippen LogP contribution in [0.25, 0.3) is 0 Å². The highest BCUT2D eigenvalue weighted by atomic mass is 16.7. The lowest BCUT2D eigenvalue weighted by Crippen LogP contribution is -2.12. The van der Waals surface area contributed by atoms with Gasteiger partial charge in [0.05, 0.1) is 5.69 Å². The first-order chi connectivity index (χ1) is 7.27. The fourth-order valence-electron chi connectivity index (χ4n) is 2.27. The maximum atomic E-state index is 5.52. The van der Waals surface area contributed by atoms with E-state index in [-0.39, 0.29) is 0 Å². The van der Waals surface area contributed by atoms with Gasteiger partial charge >= 0.3 is 0 Å². The Bertz CT molecular complexity index is 383. The Balaban J connectivity index is 2.25. The van der Waals surface area contributed by atoms with E-state index in [1.165, 1.54) is 11.3 Å². The first-order valence-corrected chi connectivity index (χ1v) is 5.14. The van der Waals surface area contributed by atoms with Gasteiger partial charge in [0.25, 0.3) is 0 Å². The van der Waals surface area contributed by atoms with Crippen molar-refractivity contribution in [2.75, 3.05) is 37.6 Å². The molecule has 1 aromatic carbocycles. The molecule has 4 heteroatoms.